The number of rotatable bonds is 9. The number of carbonyl (C=O) groups excluding carboxylic acids is 1. The molecule has 2 heterocycles. The Balaban J connectivity index is 1.27. The van der Waals surface area contributed by atoms with E-state index in [1.54, 1.807) is 0 Å². The van der Waals surface area contributed by atoms with Gasteiger partial charge in [0.2, 0.25) is 18.2 Å². The van der Waals surface area contributed by atoms with Crippen molar-refractivity contribution < 1.29 is 13.9 Å². The zero-order valence-corrected chi connectivity index (χ0v) is 19.4. The molecular weight excluding hydrogens is 440 g/mol. The summed E-state index contributed by atoms with van der Waals surface area (Å²) in [4.78, 5) is 15.5. The topological polar surface area (TPSA) is 94.5 Å². The van der Waals surface area contributed by atoms with Crippen molar-refractivity contribution >= 4 is 5.91 Å². The van der Waals surface area contributed by atoms with Gasteiger partial charge in [-0.1, -0.05) is 60.7 Å². The van der Waals surface area contributed by atoms with Crippen molar-refractivity contribution in [3.63, 3.8) is 0 Å². The first-order valence-electron chi connectivity index (χ1n) is 11.8. The van der Waals surface area contributed by atoms with Crippen molar-refractivity contribution in [1.82, 2.24) is 15.1 Å². The Morgan fingerprint density at radius 2 is 1.66 bits per heavy atom. The zero-order valence-electron chi connectivity index (χ0n) is 19.4. The molecule has 3 aromatic carbocycles. The van der Waals surface area contributed by atoms with E-state index in [1.807, 2.05) is 84.9 Å². The van der Waals surface area contributed by atoms with Crippen LogP contribution in [0.3, 0.4) is 0 Å². The summed E-state index contributed by atoms with van der Waals surface area (Å²) in [6.45, 7) is 2.97. The molecule has 0 spiro atoms. The normalized spacial score (nSPS) is 16.3. The van der Waals surface area contributed by atoms with Crippen LogP contribution in [0, 0.1) is 5.92 Å². The summed E-state index contributed by atoms with van der Waals surface area (Å²) in [6, 6.07) is 27.5. The number of aromatic nitrogens is 2. The highest BCUT2D eigenvalue weighted by atomic mass is 16.5. The Bertz CT molecular complexity index is 1190. The SMILES string of the molecule is NC(=O)C(c1ccccc1)(c1ccccc1)[C@@H]1CCN(CCOc2ccc(-c3nnco3)cc2)C1. The first-order chi connectivity index (χ1) is 17.2. The molecule has 0 bridgehead atoms. The van der Waals surface area contributed by atoms with E-state index in [9.17, 15) is 4.79 Å². The van der Waals surface area contributed by atoms with Crippen LogP contribution in [0.1, 0.15) is 17.5 Å². The molecule has 1 amide bonds. The van der Waals surface area contributed by atoms with Crippen LogP contribution in [0.15, 0.2) is 95.7 Å². The van der Waals surface area contributed by atoms with Gasteiger partial charge in [0.25, 0.3) is 0 Å². The molecule has 0 unspecified atom stereocenters. The molecule has 1 fully saturated rings. The first kappa shape index (κ1) is 22.8. The van der Waals surface area contributed by atoms with E-state index in [1.165, 1.54) is 6.39 Å². The van der Waals surface area contributed by atoms with Crippen LogP contribution in [0.2, 0.25) is 0 Å². The third-order valence-electron chi connectivity index (χ3n) is 6.87. The lowest BCUT2D eigenvalue weighted by atomic mass is 9.64. The quantitative estimate of drug-likeness (QED) is 0.400. The summed E-state index contributed by atoms with van der Waals surface area (Å²) in [7, 11) is 0. The molecular formula is C28H28N4O3. The summed E-state index contributed by atoms with van der Waals surface area (Å²) in [5.41, 5.74) is 8.06. The number of likely N-dealkylation sites (tertiary alicyclic amines) is 1. The van der Waals surface area contributed by atoms with Crippen LogP contribution in [-0.2, 0) is 10.2 Å². The standard InChI is InChI=1S/C28H28N4O3/c29-27(33)28(22-7-3-1-4-8-22,23-9-5-2-6-10-23)24-15-16-32(19-24)17-18-34-25-13-11-21(12-14-25)26-31-30-20-35-26/h1-14,20,24H,15-19H2,(H2,29,33)/t24-/m1/s1. The third kappa shape index (κ3) is 4.55. The van der Waals surface area contributed by atoms with Gasteiger partial charge in [-0.25, -0.2) is 0 Å². The van der Waals surface area contributed by atoms with Gasteiger partial charge in [0.1, 0.15) is 17.8 Å². The van der Waals surface area contributed by atoms with E-state index in [2.05, 4.69) is 15.1 Å². The summed E-state index contributed by atoms with van der Waals surface area (Å²) in [5, 5.41) is 7.62. The molecule has 4 aromatic rings. The fourth-order valence-corrected chi connectivity index (χ4v) is 5.20. The maximum Gasteiger partial charge on any atom is 0.247 e. The van der Waals surface area contributed by atoms with Gasteiger partial charge in [-0.05, 0) is 54.3 Å². The minimum Gasteiger partial charge on any atom is -0.492 e. The van der Waals surface area contributed by atoms with Gasteiger partial charge in [0.15, 0.2) is 0 Å². The lowest BCUT2D eigenvalue weighted by Crippen LogP contribution is -2.49. The second kappa shape index (κ2) is 10.1. The number of nitrogens with zero attached hydrogens (tertiary/aromatic N) is 3. The first-order valence-corrected chi connectivity index (χ1v) is 11.8. The Labute approximate surface area is 204 Å². The molecule has 0 aliphatic carbocycles. The summed E-state index contributed by atoms with van der Waals surface area (Å²) in [5.74, 6) is 1.02. The molecule has 7 nitrogen and oxygen atoms in total. The van der Waals surface area contributed by atoms with Gasteiger partial charge in [0.05, 0.1) is 0 Å². The maximum absolute atomic E-state index is 13.2. The molecule has 0 saturated carbocycles. The van der Waals surface area contributed by atoms with E-state index in [-0.39, 0.29) is 11.8 Å². The second-order valence-electron chi connectivity index (χ2n) is 8.81. The van der Waals surface area contributed by atoms with Crippen LogP contribution in [0.25, 0.3) is 11.5 Å². The van der Waals surface area contributed by atoms with E-state index in [0.29, 0.717) is 12.5 Å². The highest BCUT2D eigenvalue weighted by molar-refractivity contribution is 5.91. The lowest BCUT2D eigenvalue weighted by Gasteiger charge is -2.37. The van der Waals surface area contributed by atoms with Crippen molar-refractivity contribution in [1.29, 1.82) is 0 Å². The van der Waals surface area contributed by atoms with Crippen molar-refractivity contribution in [3.8, 4) is 17.2 Å². The van der Waals surface area contributed by atoms with Crippen LogP contribution in [-0.4, -0.2) is 47.2 Å². The van der Waals surface area contributed by atoms with Crippen LogP contribution in [0.4, 0.5) is 0 Å². The van der Waals surface area contributed by atoms with E-state index in [0.717, 1.165) is 48.5 Å². The fraction of sp³-hybridized carbons (Fsp3) is 0.250. The largest absolute Gasteiger partial charge is 0.492 e. The number of hydrogen-bond acceptors (Lipinski definition) is 6. The molecule has 0 radical (unpaired) electrons. The molecule has 1 aliphatic rings. The number of nitrogens with two attached hydrogens (primary N) is 1. The highest BCUT2D eigenvalue weighted by Gasteiger charge is 2.49. The van der Waals surface area contributed by atoms with Gasteiger partial charge >= 0.3 is 0 Å². The van der Waals surface area contributed by atoms with Gasteiger partial charge in [-0.2, -0.15) is 0 Å². The van der Waals surface area contributed by atoms with Gasteiger partial charge in [0, 0.05) is 18.7 Å². The summed E-state index contributed by atoms with van der Waals surface area (Å²) >= 11 is 0. The van der Waals surface area contributed by atoms with Gasteiger partial charge < -0.3 is 14.9 Å². The maximum atomic E-state index is 13.2. The number of amides is 1. The smallest absolute Gasteiger partial charge is 0.247 e. The number of benzene rings is 3. The van der Waals surface area contributed by atoms with E-state index in [4.69, 9.17) is 14.9 Å². The average molecular weight is 469 g/mol. The molecule has 1 saturated heterocycles. The highest BCUT2D eigenvalue weighted by Crippen LogP contribution is 2.43. The van der Waals surface area contributed by atoms with E-state index >= 15 is 0 Å². The van der Waals surface area contributed by atoms with Crippen LogP contribution < -0.4 is 10.5 Å². The number of primary amides is 1. The monoisotopic (exact) mass is 468 g/mol. The minimum atomic E-state index is -0.872. The van der Waals surface area contributed by atoms with Crippen LogP contribution >= 0.6 is 0 Å². The number of hydrogen-bond donors (Lipinski definition) is 1. The van der Waals surface area contributed by atoms with Crippen LogP contribution in [0.5, 0.6) is 5.75 Å². The Morgan fingerprint density at radius 1 is 1.00 bits per heavy atom. The van der Waals surface area contributed by atoms with Gasteiger partial charge in [-0.3, -0.25) is 9.69 Å². The molecule has 7 heteroatoms. The minimum absolute atomic E-state index is 0.0680. The number of carbonyl (C=O) groups is 1. The van der Waals surface area contributed by atoms with Gasteiger partial charge in [-0.15, -0.1) is 10.2 Å². The molecule has 1 atom stereocenters. The molecule has 2 N–H and O–H groups in total. The van der Waals surface area contributed by atoms with Crippen molar-refractivity contribution in [2.45, 2.75) is 11.8 Å². The van der Waals surface area contributed by atoms with E-state index < -0.39 is 5.41 Å². The average Bonchev–Trinajstić information content (AvgIpc) is 3.60. The molecule has 178 valence electrons. The predicted octanol–water partition coefficient (Wildman–Crippen LogP) is 3.91. The van der Waals surface area contributed by atoms with Crippen molar-refractivity contribution in [3.05, 3.63) is 102 Å². The summed E-state index contributed by atoms with van der Waals surface area (Å²) in [6.07, 6.45) is 2.19. The summed E-state index contributed by atoms with van der Waals surface area (Å²) < 4.78 is 11.2. The fourth-order valence-electron chi connectivity index (χ4n) is 5.20. The molecule has 5 rings (SSSR count). The van der Waals surface area contributed by atoms with Crippen molar-refractivity contribution in [2.75, 3.05) is 26.2 Å². The molecule has 35 heavy (non-hydrogen) atoms. The lowest BCUT2D eigenvalue weighted by molar-refractivity contribution is -0.123. The molecule has 1 aliphatic heterocycles. The second-order valence-corrected chi connectivity index (χ2v) is 8.81. The zero-order chi connectivity index (χ0) is 24.1. The van der Waals surface area contributed by atoms with Crippen molar-refractivity contribution in [2.24, 2.45) is 11.7 Å². The predicted molar refractivity (Wildman–Crippen MR) is 133 cm³/mol. The Kier molecular flexibility index (Phi) is 6.59. The third-order valence-corrected chi connectivity index (χ3v) is 6.87. The number of ether oxygens (including phenoxy) is 1. The Hall–Kier alpha value is -3.97. The molecule has 1 aromatic heterocycles. The Morgan fingerprint density at radius 3 is 2.23 bits per heavy atom.